The average Bonchev–Trinajstić information content (AvgIpc) is 2.67. The normalized spacial score (nSPS) is 17.5. The lowest BCUT2D eigenvalue weighted by atomic mass is 10.1. The van der Waals surface area contributed by atoms with Crippen LogP contribution < -0.4 is 9.80 Å². The summed E-state index contributed by atoms with van der Waals surface area (Å²) in [6.45, 7) is 5.50. The second-order valence-electron chi connectivity index (χ2n) is 7.35. The third-order valence-corrected chi connectivity index (χ3v) is 6.45. The number of piperazine rings is 1. The van der Waals surface area contributed by atoms with Gasteiger partial charge in [0, 0.05) is 42.5 Å². The first-order valence-corrected chi connectivity index (χ1v) is 10.4. The van der Waals surface area contributed by atoms with Crippen LogP contribution >= 0.6 is 11.8 Å². The van der Waals surface area contributed by atoms with Crippen LogP contribution in [0.2, 0.25) is 0 Å². The van der Waals surface area contributed by atoms with E-state index in [0.717, 1.165) is 35.0 Å². The molecule has 28 heavy (non-hydrogen) atoms. The second kappa shape index (κ2) is 7.52. The third kappa shape index (κ3) is 3.57. The number of alkyl halides is 3. The van der Waals surface area contributed by atoms with Crippen molar-refractivity contribution in [3.8, 4) is 0 Å². The number of benzene rings is 2. The summed E-state index contributed by atoms with van der Waals surface area (Å²) in [7, 11) is 2.00. The molecule has 1 saturated heterocycles. The van der Waals surface area contributed by atoms with E-state index in [2.05, 4.69) is 4.90 Å². The molecule has 0 radical (unpaired) electrons. The summed E-state index contributed by atoms with van der Waals surface area (Å²) in [5.41, 5.74) is 1.43. The van der Waals surface area contributed by atoms with Gasteiger partial charge in [-0.1, -0.05) is 30.8 Å². The molecule has 2 aliphatic heterocycles. The van der Waals surface area contributed by atoms with E-state index in [-0.39, 0.29) is 0 Å². The number of halogens is 3. The van der Waals surface area contributed by atoms with Crippen LogP contribution in [-0.4, -0.2) is 44.7 Å². The van der Waals surface area contributed by atoms with Crippen LogP contribution in [0.5, 0.6) is 0 Å². The molecule has 2 heterocycles. The maximum Gasteiger partial charge on any atom is 0.418 e. The topological polar surface area (TPSA) is 9.72 Å². The fourth-order valence-electron chi connectivity index (χ4n) is 3.87. The van der Waals surface area contributed by atoms with Crippen molar-refractivity contribution >= 4 is 28.8 Å². The van der Waals surface area contributed by atoms with Gasteiger partial charge in [0.2, 0.25) is 0 Å². The molecule has 0 aliphatic carbocycles. The molecule has 150 valence electrons. The Morgan fingerprint density at radius 1 is 0.929 bits per heavy atom. The number of likely N-dealkylation sites (N-methyl/N-ethyl adjacent to an activating group) is 1. The molecule has 3 nitrogen and oxygen atoms in total. The highest BCUT2D eigenvalue weighted by molar-refractivity contribution is 7.99. The lowest BCUT2D eigenvalue weighted by molar-refractivity contribution is -0.137. The monoisotopic (exact) mass is 407 g/mol. The number of hydrogen-bond donors (Lipinski definition) is 0. The smallest absolute Gasteiger partial charge is 0.368 e. The summed E-state index contributed by atoms with van der Waals surface area (Å²) in [5.74, 6) is 0. The highest BCUT2D eigenvalue weighted by Gasteiger charge is 2.38. The third-order valence-electron chi connectivity index (χ3n) is 5.34. The van der Waals surface area contributed by atoms with Crippen molar-refractivity contribution in [2.45, 2.75) is 29.3 Å². The lowest BCUT2D eigenvalue weighted by Gasteiger charge is -2.38. The van der Waals surface area contributed by atoms with Gasteiger partial charge < -0.3 is 14.7 Å². The molecule has 0 spiro atoms. The maximum atomic E-state index is 14.0. The molecule has 4 rings (SSSR count). The van der Waals surface area contributed by atoms with Gasteiger partial charge in [0.1, 0.15) is 0 Å². The SMILES string of the molecule is CCCN1c2ccccc2Sc2cc(N3CCN(C)CC3)c(C(F)(F)F)cc21. The molecule has 7 heteroatoms. The van der Waals surface area contributed by atoms with Crippen molar-refractivity contribution in [1.82, 2.24) is 4.90 Å². The van der Waals surface area contributed by atoms with E-state index in [1.807, 2.05) is 48.0 Å². The first-order valence-electron chi connectivity index (χ1n) is 9.61. The van der Waals surface area contributed by atoms with Crippen molar-refractivity contribution in [2.24, 2.45) is 0 Å². The molecule has 0 atom stereocenters. The minimum atomic E-state index is -4.38. The Labute approximate surface area is 168 Å². The minimum absolute atomic E-state index is 0.308. The van der Waals surface area contributed by atoms with Crippen molar-refractivity contribution < 1.29 is 13.2 Å². The van der Waals surface area contributed by atoms with Gasteiger partial charge in [0.05, 0.1) is 22.6 Å². The quantitative estimate of drug-likeness (QED) is 0.667. The average molecular weight is 408 g/mol. The van der Waals surface area contributed by atoms with Gasteiger partial charge in [-0.3, -0.25) is 0 Å². The van der Waals surface area contributed by atoms with Crippen LogP contribution in [-0.2, 0) is 6.18 Å². The number of para-hydroxylation sites is 1. The summed E-state index contributed by atoms with van der Waals surface area (Å²) < 4.78 is 42.0. The molecule has 1 fully saturated rings. The van der Waals surface area contributed by atoms with Crippen molar-refractivity contribution in [1.29, 1.82) is 0 Å². The van der Waals surface area contributed by atoms with Gasteiger partial charge in [0.15, 0.2) is 0 Å². The lowest BCUT2D eigenvalue weighted by Crippen LogP contribution is -2.45. The van der Waals surface area contributed by atoms with E-state index >= 15 is 0 Å². The highest BCUT2D eigenvalue weighted by atomic mass is 32.2. The summed E-state index contributed by atoms with van der Waals surface area (Å²) in [6.07, 6.45) is -3.52. The predicted molar refractivity (Wildman–Crippen MR) is 109 cm³/mol. The summed E-state index contributed by atoms with van der Waals surface area (Å²) in [5, 5.41) is 0. The largest absolute Gasteiger partial charge is 0.418 e. The molecular formula is C21H24F3N3S. The van der Waals surface area contributed by atoms with Gasteiger partial charge in [-0.15, -0.1) is 0 Å². The van der Waals surface area contributed by atoms with Crippen molar-refractivity contribution in [3.05, 3.63) is 42.0 Å². The fourth-order valence-corrected chi connectivity index (χ4v) is 4.98. The Kier molecular flexibility index (Phi) is 5.22. The van der Waals surface area contributed by atoms with E-state index in [9.17, 15) is 13.2 Å². The zero-order valence-electron chi connectivity index (χ0n) is 16.1. The van der Waals surface area contributed by atoms with E-state index in [4.69, 9.17) is 0 Å². The van der Waals surface area contributed by atoms with E-state index < -0.39 is 11.7 Å². The van der Waals surface area contributed by atoms with Crippen LogP contribution in [0.3, 0.4) is 0 Å². The molecule has 0 saturated carbocycles. The van der Waals surface area contributed by atoms with E-state index in [1.54, 1.807) is 17.8 Å². The zero-order chi connectivity index (χ0) is 19.9. The van der Waals surface area contributed by atoms with Crippen molar-refractivity contribution in [2.75, 3.05) is 49.6 Å². The minimum Gasteiger partial charge on any atom is -0.368 e. The van der Waals surface area contributed by atoms with Gasteiger partial charge in [0.25, 0.3) is 0 Å². The number of anilines is 3. The molecule has 0 N–H and O–H groups in total. The molecule has 0 unspecified atom stereocenters. The van der Waals surface area contributed by atoms with Crippen LogP contribution in [0.25, 0.3) is 0 Å². The Bertz CT molecular complexity index is 860. The molecule has 0 amide bonds. The fraction of sp³-hybridized carbons (Fsp3) is 0.429. The molecular weight excluding hydrogens is 383 g/mol. The summed E-state index contributed by atoms with van der Waals surface area (Å²) >= 11 is 1.56. The van der Waals surface area contributed by atoms with Crippen LogP contribution in [0.1, 0.15) is 18.9 Å². The van der Waals surface area contributed by atoms with Crippen LogP contribution in [0, 0.1) is 0 Å². The molecule has 2 aromatic carbocycles. The number of fused-ring (bicyclic) bond motifs is 2. The van der Waals surface area contributed by atoms with E-state index in [0.29, 0.717) is 31.0 Å². The Morgan fingerprint density at radius 3 is 2.32 bits per heavy atom. The zero-order valence-corrected chi connectivity index (χ0v) is 16.9. The first-order chi connectivity index (χ1) is 13.4. The second-order valence-corrected chi connectivity index (χ2v) is 8.43. The van der Waals surface area contributed by atoms with Gasteiger partial charge in [-0.05, 0) is 37.7 Å². The summed E-state index contributed by atoms with van der Waals surface area (Å²) in [4.78, 5) is 8.05. The van der Waals surface area contributed by atoms with Crippen molar-refractivity contribution in [3.63, 3.8) is 0 Å². The first kappa shape index (κ1) is 19.5. The van der Waals surface area contributed by atoms with Crippen LogP contribution in [0.15, 0.2) is 46.2 Å². The number of hydrogen-bond acceptors (Lipinski definition) is 4. The van der Waals surface area contributed by atoms with Crippen LogP contribution in [0.4, 0.5) is 30.2 Å². The highest BCUT2D eigenvalue weighted by Crippen LogP contribution is 2.52. The number of nitrogens with zero attached hydrogens (tertiary/aromatic N) is 3. The standard InChI is InChI=1S/C21H24F3N3S/c1-3-8-27-16-6-4-5-7-19(16)28-20-14-17(26-11-9-25(2)10-12-26)15(13-18(20)27)21(22,23)24/h4-7,13-14H,3,8-12H2,1-2H3. The summed E-state index contributed by atoms with van der Waals surface area (Å²) in [6, 6.07) is 11.1. The Hall–Kier alpha value is -1.86. The number of rotatable bonds is 3. The Balaban J connectivity index is 1.83. The maximum absolute atomic E-state index is 14.0. The van der Waals surface area contributed by atoms with Gasteiger partial charge >= 0.3 is 6.18 Å². The van der Waals surface area contributed by atoms with E-state index in [1.165, 1.54) is 6.07 Å². The van der Waals surface area contributed by atoms with Gasteiger partial charge in [-0.25, -0.2) is 0 Å². The predicted octanol–water partition coefficient (Wildman–Crippen LogP) is 5.47. The molecule has 0 bridgehead atoms. The Morgan fingerprint density at radius 2 is 1.64 bits per heavy atom. The molecule has 2 aliphatic rings. The molecule has 0 aromatic heterocycles. The molecule has 2 aromatic rings. The van der Waals surface area contributed by atoms with Gasteiger partial charge in [-0.2, -0.15) is 13.2 Å².